The molecule has 7 heteroatoms. The first-order chi connectivity index (χ1) is 9.95. The molecular formula is C14H12ClN3O2S. The number of rotatable bonds is 3. The zero-order valence-corrected chi connectivity index (χ0v) is 12.7. The lowest BCUT2D eigenvalue weighted by molar-refractivity contribution is 0.601. The standard InChI is InChI=1S/C14H12ClN3O2S/c1-9-2-5-14(12(15)6-9)21(19,20)18-11-3-4-13-10(7-11)8-16-17-13/h2-8,18H,1H3,(H,16,17). The maximum atomic E-state index is 12.4. The van der Waals surface area contributed by atoms with Crippen LogP contribution < -0.4 is 4.72 Å². The lowest BCUT2D eigenvalue weighted by Crippen LogP contribution is -2.13. The number of anilines is 1. The fraction of sp³-hybridized carbons (Fsp3) is 0.0714. The topological polar surface area (TPSA) is 74.8 Å². The molecule has 108 valence electrons. The van der Waals surface area contributed by atoms with Crippen LogP contribution in [0.4, 0.5) is 5.69 Å². The van der Waals surface area contributed by atoms with E-state index in [1.165, 1.54) is 6.07 Å². The molecule has 0 spiro atoms. The van der Waals surface area contributed by atoms with E-state index in [1.807, 2.05) is 6.92 Å². The zero-order chi connectivity index (χ0) is 15.0. The monoisotopic (exact) mass is 321 g/mol. The fourth-order valence-electron chi connectivity index (χ4n) is 2.04. The predicted octanol–water partition coefficient (Wildman–Crippen LogP) is 3.33. The summed E-state index contributed by atoms with van der Waals surface area (Å²) in [5, 5.41) is 7.73. The Labute approximate surface area is 127 Å². The Kier molecular flexibility index (Phi) is 3.35. The lowest BCUT2D eigenvalue weighted by Gasteiger charge is -2.10. The van der Waals surface area contributed by atoms with Gasteiger partial charge in [-0.25, -0.2) is 8.42 Å². The van der Waals surface area contributed by atoms with Crippen molar-refractivity contribution < 1.29 is 8.42 Å². The second-order valence-corrected chi connectivity index (χ2v) is 6.77. The summed E-state index contributed by atoms with van der Waals surface area (Å²) in [5.41, 5.74) is 2.20. The summed E-state index contributed by atoms with van der Waals surface area (Å²) in [7, 11) is -3.73. The molecule has 3 aromatic rings. The van der Waals surface area contributed by atoms with Gasteiger partial charge in [0.15, 0.2) is 0 Å². The molecule has 5 nitrogen and oxygen atoms in total. The summed E-state index contributed by atoms with van der Waals surface area (Å²) in [4.78, 5) is 0.0575. The number of nitrogens with zero attached hydrogens (tertiary/aromatic N) is 1. The molecule has 0 bridgehead atoms. The van der Waals surface area contributed by atoms with Crippen molar-refractivity contribution in [2.45, 2.75) is 11.8 Å². The Hall–Kier alpha value is -2.05. The van der Waals surface area contributed by atoms with Crippen LogP contribution in [-0.4, -0.2) is 18.6 Å². The molecule has 2 aromatic carbocycles. The molecule has 0 saturated carbocycles. The summed E-state index contributed by atoms with van der Waals surface area (Å²) >= 11 is 6.02. The zero-order valence-electron chi connectivity index (χ0n) is 11.1. The molecule has 0 amide bonds. The quantitative estimate of drug-likeness (QED) is 0.777. The van der Waals surface area contributed by atoms with Gasteiger partial charge in [-0.1, -0.05) is 17.7 Å². The van der Waals surface area contributed by atoms with Crippen LogP contribution in [0.3, 0.4) is 0 Å². The third kappa shape index (κ3) is 2.72. The first-order valence-electron chi connectivity index (χ1n) is 6.18. The van der Waals surface area contributed by atoms with Gasteiger partial charge >= 0.3 is 0 Å². The number of hydrogen-bond acceptors (Lipinski definition) is 3. The Balaban J connectivity index is 1.98. The Bertz CT molecular complexity index is 919. The number of aromatic nitrogens is 2. The van der Waals surface area contributed by atoms with Crippen LogP contribution in [0.1, 0.15) is 5.56 Å². The average Bonchev–Trinajstić information content (AvgIpc) is 2.85. The van der Waals surface area contributed by atoms with Gasteiger partial charge in [0.2, 0.25) is 0 Å². The van der Waals surface area contributed by atoms with E-state index in [9.17, 15) is 8.42 Å². The molecule has 0 atom stereocenters. The highest BCUT2D eigenvalue weighted by Crippen LogP contribution is 2.25. The van der Waals surface area contributed by atoms with E-state index in [4.69, 9.17) is 11.6 Å². The highest BCUT2D eigenvalue weighted by Gasteiger charge is 2.18. The lowest BCUT2D eigenvalue weighted by atomic mass is 10.2. The van der Waals surface area contributed by atoms with Crippen molar-refractivity contribution in [3.05, 3.63) is 53.2 Å². The second kappa shape index (κ2) is 5.05. The molecule has 2 N–H and O–H groups in total. The number of aromatic amines is 1. The van der Waals surface area contributed by atoms with Gasteiger partial charge < -0.3 is 0 Å². The van der Waals surface area contributed by atoms with E-state index in [0.29, 0.717) is 5.69 Å². The van der Waals surface area contributed by atoms with E-state index < -0.39 is 10.0 Å². The molecule has 0 aliphatic rings. The molecule has 1 heterocycles. The highest BCUT2D eigenvalue weighted by atomic mass is 35.5. The SMILES string of the molecule is Cc1ccc(S(=O)(=O)Nc2ccc3[nH]ncc3c2)c(Cl)c1. The second-order valence-electron chi connectivity index (χ2n) is 4.71. The molecule has 0 unspecified atom stereocenters. The minimum atomic E-state index is -3.73. The molecule has 1 aromatic heterocycles. The number of hydrogen-bond donors (Lipinski definition) is 2. The maximum absolute atomic E-state index is 12.4. The van der Waals surface area contributed by atoms with Crippen LogP contribution in [0.2, 0.25) is 5.02 Å². The first-order valence-corrected chi connectivity index (χ1v) is 8.04. The molecule has 0 radical (unpaired) electrons. The number of H-pyrrole nitrogens is 1. The van der Waals surface area contributed by atoms with Gasteiger partial charge in [-0.05, 0) is 42.8 Å². The van der Waals surface area contributed by atoms with Crippen LogP contribution in [0.25, 0.3) is 10.9 Å². The number of aryl methyl sites for hydroxylation is 1. The fourth-order valence-corrected chi connectivity index (χ4v) is 3.69. The first kappa shape index (κ1) is 13.9. The third-order valence-corrected chi connectivity index (χ3v) is 4.93. The summed E-state index contributed by atoms with van der Waals surface area (Å²) in [5.74, 6) is 0. The molecule has 0 aliphatic carbocycles. The molecule has 0 saturated heterocycles. The van der Waals surface area contributed by atoms with Gasteiger partial charge in [0.05, 0.1) is 16.7 Å². The summed E-state index contributed by atoms with van der Waals surface area (Å²) in [6, 6.07) is 9.96. The maximum Gasteiger partial charge on any atom is 0.263 e. The number of fused-ring (bicyclic) bond motifs is 1. The van der Waals surface area contributed by atoms with Crippen molar-refractivity contribution in [2.75, 3.05) is 4.72 Å². The van der Waals surface area contributed by atoms with Crippen molar-refractivity contribution in [1.29, 1.82) is 0 Å². The minimum absolute atomic E-state index is 0.0575. The third-order valence-electron chi connectivity index (χ3n) is 3.07. The largest absolute Gasteiger partial charge is 0.280 e. The molecule has 3 rings (SSSR count). The predicted molar refractivity (Wildman–Crippen MR) is 83.1 cm³/mol. The molecular weight excluding hydrogens is 310 g/mol. The number of halogens is 1. The van der Waals surface area contributed by atoms with Gasteiger partial charge in [0, 0.05) is 11.1 Å². The van der Waals surface area contributed by atoms with Crippen LogP contribution in [0, 0.1) is 6.92 Å². The van der Waals surface area contributed by atoms with Gasteiger partial charge in [-0.2, -0.15) is 5.10 Å². The highest BCUT2D eigenvalue weighted by molar-refractivity contribution is 7.92. The van der Waals surface area contributed by atoms with Crippen molar-refractivity contribution >= 4 is 38.2 Å². The van der Waals surface area contributed by atoms with Crippen LogP contribution in [0.15, 0.2) is 47.5 Å². The number of nitrogens with one attached hydrogen (secondary N) is 2. The van der Waals surface area contributed by atoms with Crippen LogP contribution in [-0.2, 0) is 10.0 Å². The van der Waals surface area contributed by atoms with E-state index in [1.54, 1.807) is 36.5 Å². The molecule has 21 heavy (non-hydrogen) atoms. The normalized spacial score (nSPS) is 11.7. The van der Waals surface area contributed by atoms with E-state index in [-0.39, 0.29) is 9.92 Å². The van der Waals surface area contributed by atoms with Gasteiger partial charge in [0.25, 0.3) is 10.0 Å². The number of sulfonamides is 1. The summed E-state index contributed by atoms with van der Waals surface area (Å²) in [6.07, 6.45) is 1.63. The van der Waals surface area contributed by atoms with Gasteiger partial charge in [-0.15, -0.1) is 0 Å². The Morgan fingerprint density at radius 2 is 2.00 bits per heavy atom. The minimum Gasteiger partial charge on any atom is -0.280 e. The van der Waals surface area contributed by atoms with E-state index >= 15 is 0 Å². The number of benzene rings is 2. The Morgan fingerprint density at radius 3 is 2.76 bits per heavy atom. The van der Waals surface area contributed by atoms with Gasteiger partial charge in [0.1, 0.15) is 4.90 Å². The molecule has 0 aliphatic heterocycles. The van der Waals surface area contributed by atoms with Crippen molar-refractivity contribution in [1.82, 2.24) is 10.2 Å². The van der Waals surface area contributed by atoms with Crippen molar-refractivity contribution in [3.8, 4) is 0 Å². The van der Waals surface area contributed by atoms with Crippen molar-refractivity contribution in [3.63, 3.8) is 0 Å². The van der Waals surface area contributed by atoms with Crippen molar-refractivity contribution in [2.24, 2.45) is 0 Å². The molecule has 0 fully saturated rings. The van der Waals surface area contributed by atoms with Crippen LogP contribution >= 0.6 is 11.6 Å². The summed E-state index contributed by atoms with van der Waals surface area (Å²) < 4.78 is 27.3. The van der Waals surface area contributed by atoms with Gasteiger partial charge in [-0.3, -0.25) is 9.82 Å². The Morgan fingerprint density at radius 1 is 1.19 bits per heavy atom. The average molecular weight is 322 g/mol. The van der Waals surface area contributed by atoms with Crippen LogP contribution in [0.5, 0.6) is 0 Å². The van der Waals surface area contributed by atoms with E-state index in [0.717, 1.165) is 16.5 Å². The van der Waals surface area contributed by atoms with E-state index in [2.05, 4.69) is 14.9 Å². The smallest absolute Gasteiger partial charge is 0.263 e. The summed E-state index contributed by atoms with van der Waals surface area (Å²) in [6.45, 7) is 1.85.